The van der Waals surface area contributed by atoms with Gasteiger partial charge in [0.1, 0.15) is 5.01 Å². The van der Waals surface area contributed by atoms with Gasteiger partial charge in [-0.1, -0.05) is 12.1 Å². The van der Waals surface area contributed by atoms with Gasteiger partial charge in [-0.25, -0.2) is 4.98 Å². The van der Waals surface area contributed by atoms with Crippen LogP contribution in [0.2, 0.25) is 0 Å². The van der Waals surface area contributed by atoms with Crippen LogP contribution in [-0.4, -0.2) is 35.5 Å². The van der Waals surface area contributed by atoms with E-state index in [-0.39, 0.29) is 11.9 Å². The van der Waals surface area contributed by atoms with Gasteiger partial charge in [0.05, 0.1) is 23.8 Å². The van der Waals surface area contributed by atoms with Crippen molar-refractivity contribution in [2.45, 2.75) is 32.5 Å². The fourth-order valence-electron chi connectivity index (χ4n) is 3.19. The van der Waals surface area contributed by atoms with Gasteiger partial charge in [-0.3, -0.25) is 9.69 Å². The van der Waals surface area contributed by atoms with E-state index in [4.69, 9.17) is 4.74 Å². The van der Waals surface area contributed by atoms with Gasteiger partial charge >= 0.3 is 12.1 Å². The molecule has 0 aliphatic carbocycles. The normalized spacial score (nSPS) is 18.4. The summed E-state index contributed by atoms with van der Waals surface area (Å²) in [5, 5.41) is 2.61. The number of aromatic nitrogens is 1. The van der Waals surface area contributed by atoms with Crippen molar-refractivity contribution in [2.75, 3.05) is 19.7 Å². The molecule has 0 saturated carbocycles. The quantitative estimate of drug-likeness (QED) is 0.690. The third kappa shape index (κ3) is 5.07. The van der Waals surface area contributed by atoms with E-state index in [1.807, 2.05) is 5.38 Å². The molecule has 4 nitrogen and oxygen atoms in total. The van der Waals surface area contributed by atoms with Gasteiger partial charge in [-0.05, 0) is 38.4 Å². The zero-order chi connectivity index (χ0) is 19.4. The number of carbonyl (C=O) groups is 1. The Labute approximate surface area is 160 Å². The van der Waals surface area contributed by atoms with Crippen molar-refractivity contribution in [1.29, 1.82) is 0 Å². The molecular weight excluding hydrogens is 377 g/mol. The number of alkyl halides is 3. The van der Waals surface area contributed by atoms with Crippen LogP contribution in [-0.2, 0) is 22.3 Å². The molecule has 1 aliphatic heterocycles. The Bertz CT molecular complexity index is 774. The number of benzene rings is 1. The van der Waals surface area contributed by atoms with Crippen LogP contribution < -0.4 is 0 Å². The van der Waals surface area contributed by atoms with Gasteiger partial charge in [0, 0.05) is 24.0 Å². The minimum Gasteiger partial charge on any atom is -0.466 e. The minimum absolute atomic E-state index is 0.105. The van der Waals surface area contributed by atoms with Crippen molar-refractivity contribution in [3.8, 4) is 10.6 Å². The van der Waals surface area contributed by atoms with Crippen molar-refractivity contribution in [2.24, 2.45) is 5.92 Å². The highest BCUT2D eigenvalue weighted by Crippen LogP contribution is 2.32. The summed E-state index contributed by atoms with van der Waals surface area (Å²) in [5.41, 5.74) is 0.864. The molecule has 8 heteroatoms. The molecule has 0 radical (unpaired) electrons. The van der Waals surface area contributed by atoms with Gasteiger partial charge in [0.25, 0.3) is 0 Å². The smallest absolute Gasteiger partial charge is 0.416 e. The topological polar surface area (TPSA) is 42.4 Å². The first-order chi connectivity index (χ1) is 12.9. The first-order valence-corrected chi connectivity index (χ1v) is 9.76. The van der Waals surface area contributed by atoms with Gasteiger partial charge < -0.3 is 4.74 Å². The summed E-state index contributed by atoms with van der Waals surface area (Å²) in [6, 6.07) is 5.04. The molecule has 2 heterocycles. The lowest BCUT2D eigenvalue weighted by atomic mass is 9.98. The van der Waals surface area contributed by atoms with Crippen LogP contribution >= 0.6 is 11.3 Å². The van der Waals surface area contributed by atoms with Crippen LogP contribution in [0.15, 0.2) is 29.6 Å². The highest BCUT2D eigenvalue weighted by molar-refractivity contribution is 7.13. The van der Waals surface area contributed by atoms with Crippen LogP contribution in [0.3, 0.4) is 0 Å². The van der Waals surface area contributed by atoms with Gasteiger partial charge in [-0.15, -0.1) is 11.3 Å². The van der Waals surface area contributed by atoms with E-state index >= 15 is 0 Å². The summed E-state index contributed by atoms with van der Waals surface area (Å²) < 4.78 is 43.1. The highest BCUT2D eigenvalue weighted by Gasteiger charge is 2.30. The molecule has 3 rings (SSSR count). The number of carbonyl (C=O) groups excluding carboxylic acids is 1. The van der Waals surface area contributed by atoms with E-state index in [9.17, 15) is 18.0 Å². The molecule has 1 aromatic heterocycles. The average molecular weight is 398 g/mol. The van der Waals surface area contributed by atoms with E-state index in [0.29, 0.717) is 30.3 Å². The third-order valence-electron chi connectivity index (χ3n) is 4.52. The molecule has 146 valence electrons. The summed E-state index contributed by atoms with van der Waals surface area (Å²) >= 11 is 1.41. The molecule has 1 atom stereocenters. The van der Waals surface area contributed by atoms with Gasteiger partial charge in [0.15, 0.2) is 0 Å². The Hall–Kier alpha value is -1.93. The molecule has 1 aliphatic rings. The lowest BCUT2D eigenvalue weighted by molar-refractivity contribution is -0.150. The highest BCUT2D eigenvalue weighted by atomic mass is 32.1. The first kappa shape index (κ1) is 19.8. The van der Waals surface area contributed by atoms with E-state index in [0.717, 1.165) is 37.2 Å². The SMILES string of the molecule is CCOC(=O)C1CCCN(Cc2csc(-c3ccc(C(F)(F)F)cc3)n2)C1. The van der Waals surface area contributed by atoms with Gasteiger partial charge in [-0.2, -0.15) is 13.2 Å². The number of piperidine rings is 1. The lowest BCUT2D eigenvalue weighted by Gasteiger charge is -2.30. The van der Waals surface area contributed by atoms with E-state index in [1.54, 1.807) is 6.92 Å². The molecule has 0 bridgehead atoms. The van der Waals surface area contributed by atoms with E-state index < -0.39 is 11.7 Å². The number of nitrogens with zero attached hydrogens (tertiary/aromatic N) is 2. The molecule has 1 saturated heterocycles. The van der Waals surface area contributed by atoms with Crippen molar-refractivity contribution in [3.63, 3.8) is 0 Å². The third-order valence-corrected chi connectivity index (χ3v) is 5.46. The van der Waals surface area contributed by atoms with Crippen LogP contribution in [0.5, 0.6) is 0 Å². The minimum atomic E-state index is -4.34. The van der Waals surface area contributed by atoms with E-state index in [2.05, 4.69) is 9.88 Å². The number of esters is 1. The van der Waals surface area contributed by atoms with Crippen molar-refractivity contribution >= 4 is 17.3 Å². The fraction of sp³-hybridized carbons (Fsp3) is 0.474. The number of ether oxygens (including phenoxy) is 1. The Morgan fingerprint density at radius 3 is 2.74 bits per heavy atom. The molecule has 0 N–H and O–H groups in total. The number of hydrogen-bond donors (Lipinski definition) is 0. The summed E-state index contributed by atoms with van der Waals surface area (Å²) in [4.78, 5) is 18.7. The standard InChI is InChI=1S/C19H21F3N2O2S/c1-2-26-18(25)14-4-3-9-24(10-14)11-16-12-27-17(23-16)13-5-7-15(8-6-13)19(20,21)22/h5-8,12,14H,2-4,9-11H2,1H3. The summed E-state index contributed by atoms with van der Waals surface area (Å²) in [6.45, 7) is 4.34. The maximum absolute atomic E-state index is 12.7. The zero-order valence-corrected chi connectivity index (χ0v) is 15.8. The number of thiazole rings is 1. The fourth-order valence-corrected chi connectivity index (χ4v) is 4.01. The molecule has 0 spiro atoms. The van der Waals surface area contributed by atoms with Crippen LogP contribution in [0, 0.1) is 5.92 Å². The van der Waals surface area contributed by atoms with Gasteiger partial charge in [0.2, 0.25) is 0 Å². The Morgan fingerprint density at radius 1 is 1.33 bits per heavy atom. The second-order valence-corrected chi connectivity index (χ2v) is 7.40. The van der Waals surface area contributed by atoms with Crippen LogP contribution in [0.1, 0.15) is 31.0 Å². The summed E-state index contributed by atoms with van der Waals surface area (Å²) in [5.74, 6) is -0.252. The number of rotatable bonds is 5. The van der Waals surface area contributed by atoms with Crippen LogP contribution in [0.25, 0.3) is 10.6 Å². The Balaban J connectivity index is 1.63. The predicted octanol–water partition coefficient (Wildman–Crippen LogP) is 4.60. The largest absolute Gasteiger partial charge is 0.466 e. The zero-order valence-electron chi connectivity index (χ0n) is 15.0. The monoisotopic (exact) mass is 398 g/mol. The second kappa shape index (κ2) is 8.39. The van der Waals surface area contributed by atoms with Crippen molar-refractivity contribution in [3.05, 3.63) is 40.9 Å². The van der Waals surface area contributed by atoms with Crippen LogP contribution in [0.4, 0.5) is 13.2 Å². The molecule has 1 aromatic carbocycles. The molecule has 27 heavy (non-hydrogen) atoms. The number of halogens is 3. The molecule has 2 aromatic rings. The molecular formula is C19H21F3N2O2S. The second-order valence-electron chi connectivity index (χ2n) is 6.55. The number of hydrogen-bond acceptors (Lipinski definition) is 5. The van der Waals surface area contributed by atoms with Crippen molar-refractivity contribution < 1.29 is 22.7 Å². The summed E-state index contributed by atoms with van der Waals surface area (Å²) in [7, 11) is 0. The predicted molar refractivity (Wildman–Crippen MR) is 97.2 cm³/mol. The molecule has 0 amide bonds. The summed E-state index contributed by atoms with van der Waals surface area (Å²) in [6.07, 6.45) is -2.57. The lowest BCUT2D eigenvalue weighted by Crippen LogP contribution is -2.39. The van der Waals surface area contributed by atoms with E-state index in [1.165, 1.54) is 23.5 Å². The number of likely N-dealkylation sites (tertiary alicyclic amines) is 1. The molecule has 1 fully saturated rings. The maximum atomic E-state index is 12.7. The average Bonchev–Trinajstić information content (AvgIpc) is 3.10. The maximum Gasteiger partial charge on any atom is 0.416 e. The Kier molecular flexibility index (Phi) is 6.16. The van der Waals surface area contributed by atoms with Crippen molar-refractivity contribution in [1.82, 2.24) is 9.88 Å². The molecule has 1 unspecified atom stereocenters. The Morgan fingerprint density at radius 2 is 2.07 bits per heavy atom. The first-order valence-electron chi connectivity index (χ1n) is 8.88.